The summed E-state index contributed by atoms with van der Waals surface area (Å²) in [4.78, 5) is 33.8. The number of hydrogen-bond acceptors (Lipinski definition) is 6. The average Bonchev–Trinajstić information content (AvgIpc) is 3.33. The minimum atomic E-state index is -0.589. The van der Waals surface area contributed by atoms with Crippen molar-refractivity contribution in [3.63, 3.8) is 0 Å². The number of halogens is 1. The summed E-state index contributed by atoms with van der Waals surface area (Å²) >= 11 is 1.26. The molecule has 0 saturated heterocycles. The van der Waals surface area contributed by atoms with Crippen LogP contribution in [-0.2, 0) is 11.3 Å². The molecule has 1 amide bonds. The van der Waals surface area contributed by atoms with E-state index in [0.717, 1.165) is 13.1 Å². The van der Waals surface area contributed by atoms with Crippen LogP contribution in [0.2, 0.25) is 0 Å². The average molecular weight is 443 g/mol. The SMILES string of the molecule is CCN(CC)CCN(C(=O)Cn1c(=O)oc2ccccc21)c1nc2c(F)cccc2s1. The zero-order chi connectivity index (χ0) is 22.0. The molecule has 0 N–H and O–H groups in total. The van der Waals surface area contributed by atoms with Gasteiger partial charge in [-0.15, -0.1) is 0 Å². The molecule has 7 nitrogen and oxygen atoms in total. The Morgan fingerprint density at radius 2 is 1.90 bits per heavy atom. The topological polar surface area (TPSA) is 71.6 Å². The van der Waals surface area contributed by atoms with Crippen LogP contribution in [0, 0.1) is 5.82 Å². The number of likely N-dealkylation sites (N-methyl/N-ethyl adjacent to an activating group) is 1. The molecule has 2 heterocycles. The van der Waals surface area contributed by atoms with Crippen molar-refractivity contribution in [3.8, 4) is 0 Å². The molecular formula is C22H23FN4O3S. The number of thiazole rings is 1. The second-order valence-electron chi connectivity index (χ2n) is 7.08. The van der Waals surface area contributed by atoms with Crippen molar-refractivity contribution in [3.05, 3.63) is 58.8 Å². The third kappa shape index (κ3) is 4.24. The smallest absolute Gasteiger partial charge is 0.408 e. The standard InChI is InChI=1S/C22H23FN4O3S/c1-3-25(4-2)12-13-26(21-24-20-15(23)8-7-11-18(20)31-21)19(28)14-27-16-9-5-6-10-17(16)30-22(27)29/h5-11H,3-4,12-14H2,1-2H3. The summed E-state index contributed by atoms with van der Waals surface area (Å²) < 4.78 is 21.4. The first-order chi connectivity index (χ1) is 15.0. The number of oxazole rings is 1. The highest BCUT2D eigenvalue weighted by atomic mass is 32.1. The second kappa shape index (κ2) is 8.99. The van der Waals surface area contributed by atoms with Gasteiger partial charge >= 0.3 is 5.76 Å². The molecule has 0 aliphatic carbocycles. The number of amides is 1. The van der Waals surface area contributed by atoms with E-state index in [9.17, 15) is 14.0 Å². The van der Waals surface area contributed by atoms with Crippen molar-refractivity contribution in [2.45, 2.75) is 20.4 Å². The minimum absolute atomic E-state index is 0.188. The van der Waals surface area contributed by atoms with Crippen LogP contribution in [0.3, 0.4) is 0 Å². The number of rotatable bonds is 8. The molecule has 2 aromatic heterocycles. The summed E-state index contributed by atoms with van der Waals surface area (Å²) in [5.41, 5.74) is 1.23. The Bertz CT molecular complexity index is 1270. The lowest BCUT2D eigenvalue weighted by molar-refractivity contribution is -0.119. The third-order valence-corrected chi connectivity index (χ3v) is 6.34. The fourth-order valence-corrected chi connectivity index (χ4v) is 4.53. The minimum Gasteiger partial charge on any atom is -0.408 e. The first-order valence-corrected chi connectivity index (χ1v) is 11.0. The Balaban J connectivity index is 1.68. The zero-order valence-electron chi connectivity index (χ0n) is 17.4. The van der Waals surface area contributed by atoms with Crippen molar-refractivity contribution in [1.29, 1.82) is 0 Å². The molecule has 0 atom stereocenters. The number of aromatic nitrogens is 2. The Kier molecular flexibility index (Phi) is 6.15. The van der Waals surface area contributed by atoms with Crippen LogP contribution < -0.4 is 10.7 Å². The molecule has 0 spiro atoms. The number of para-hydroxylation sites is 3. The lowest BCUT2D eigenvalue weighted by atomic mass is 10.3. The van der Waals surface area contributed by atoms with Crippen LogP contribution in [0.4, 0.5) is 9.52 Å². The third-order valence-electron chi connectivity index (χ3n) is 5.29. The number of anilines is 1. The summed E-state index contributed by atoms with van der Waals surface area (Å²) in [6, 6.07) is 11.7. The van der Waals surface area contributed by atoms with Gasteiger partial charge in [0.05, 0.1) is 10.2 Å². The van der Waals surface area contributed by atoms with Gasteiger partial charge in [0.15, 0.2) is 10.7 Å². The molecule has 0 saturated carbocycles. The maximum absolute atomic E-state index is 14.2. The van der Waals surface area contributed by atoms with Crippen molar-refractivity contribution < 1.29 is 13.6 Å². The zero-order valence-corrected chi connectivity index (χ0v) is 18.2. The molecule has 0 radical (unpaired) electrons. The molecule has 0 fully saturated rings. The van der Waals surface area contributed by atoms with Gasteiger partial charge in [0.2, 0.25) is 5.91 Å². The number of carbonyl (C=O) groups is 1. The predicted octanol–water partition coefficient (Wildman–Crippen LogP) is 3.72. The molecule has 0 aliphatic heterocycles. The fraction of sp³-hybridized carbons (Fsp3) is 0.318. The maximum Gasteiger partial charge on any atom is 0.420 e. The summed E-state index contributed by atoms with van der Waals surface area (Å²) in [6.07, 6.45) is 0. The number of hydrogen-bond donors (Lipinski definition) is 0. The van der Waals surface area contributed by atoms with Crippen molar-refractivity contribution >= 4 is 43.7 Å². The normalized spacial score (nSPS) is 11.6. The summed E-state index contributed by atoms with van der Waals surface area (Å²) in [5.74, 6) is -1.32. The summed E-state index contributed by atoms with van der Waals surface area (Å²) in [6.45, 7) is 6.63. The van der Waals surface area contributed by atoms with Gasteiger partial charge in [-0.3, -0.25) is 14.3 Å². The van der Waals surface area contributed by atoms with Crippen LogP contribution in [0.15, 0.2) is 51.7 Å². The molecule has 4 aromatic rings. The summed E-state index contributed by atoms with van der Waals surface area (Å²) in [7, 11) is 0. The molecule has 162 valence electrons. The fourth-order valence-electron chi connectivity index (χ4n) is 3.51. The lowest BCUT2D eigenvalue weighted by Gasteiger charge is -2.24. The van der Waals surface area contributed by atoms with Crippen LogP contribution in [-0.4, -0.2) is 46.5 Å². The van der Waals surface area contributed by atoms with Gasteiger partial charge in [-0.2, -0.15) is 0 Å². The molecule has 4 rings (SSSR count). The van der Waals surface area contributed by atoms with E-state index in [0.29, 0.717) is 34.0 Å². The van der Waals surface area contributed by atoms with E-state index in [1.165, 1.54) is 26.9 Å². The van der Waals surface area contributed by atoms with Crippen LogP contribution in [0.5, 0.6) is 0 Å². The lowest BCUT2D eigenvalue weighted by Crippen LogP contribution is -2.41. The van der Waals surface area contributed by atoms with Gasteiger partial charge in [0, 0.05) is 13.1 Å². The highest BCUT2D eigenvalue weighted by Crippen LogP contribution is 2.30. The largest absolute Gasteiger partial charge is 0.420 e. The van der Waals surface area contributed by atoms with E-state index in [4.69, 9.17) is 4.42 Å². The Morgan fingerprint density at radius 1 is 1.13 bits per heavy atom. The van der Waals surface area contributed by atoms with E-state index in [2.05, 4.69) is 23.7 Å². The highest BCUT2D eigenvalue weighted by molar-refractivity contribution is 7.22. The maximum atomic E-state index is 14.2. The van der Waals surface area contributed by atoms with Crippen molar-refractivity contribution in [2.24, 2.45) is 0 Å². The van der Waals surface area contributed by atoms with Gasteiger partial charge in [0.1, 0.15) is 17.9 Å². The van der Waals surface area contributed by atoms with Gasteiger partial charge in [-0.25, -0.2) is 14.2 Å². The molecule has 2 aromatic carbocycles. The van der Waals surface area contributed by atoms with Gasteiger partial charge < -0.3 is 9.32 Å². The summed E-state index contributed by atoms with van der Waals surface area (Å²) in [5, 5.41) is 0.415. The second-order valence-corrected chi connectivity index (χ2v) is 8.09. The Morgan fingerprint density at radius 3 is 2.65 bits per heavy atom. The first-order valence-electron chi connectivity index (χ1n) is 10.2. The molecule has 0 bridgehead atoms. The van der Waals surface area contributed by atoms with E-state index in [-0.39, 0.29) is 18.0 Å². The van der Waals surface area contributed by atoms with Crippen molar-refractivity contribution in [1.82, 2.24) is 14.5 Å². The van der Waals surface area contributed by atoms with Crippen molar-refractivity contribution in [2.75, 3.05) is 31.1 Å². The molecule has 0 aliphatic rings. The number of fused-ring (bicyclic) bond motifs is 2. The predicted molar refractivity (Wildman–Crippen MR) is 120 cm³/mol. The molecule has 31 heavy (non-hydrogen) atoms. The Hall–Kier alpha value is -3.04. The van der Waals surface area contributed by atoms with E-state index in [1.807, 2.05) is 0 Å². The van der Waals surface area contributed by atoms with Crippen LogP contribution >= 0.6 is 11.3 Å². The highest BCUT2D eigenvalue weighted by Gasteiger charge is 2.23. The number of benzene rings is 2. The molecule has 9 heteroatoms. The van der Waals surface area contributed by atoms with Crippen LogP contribution in [0.1, 0.15) is 13.8 Å². The number of carbonyl (C=O) groups excluding carboxylic acids is 1. The van der Waals surface area contributed by atoms with E-state index < -0.39 is 11.6 Å². The van der Waals surface area contributed by atoms with Gasteiger partial charge in [-0.1, -0.05) is 43.4 Å². The number of nitrogens with zero attached hydrogens (tertiary/aromatic N) is 4. The molecular weight excluding hydrogens is 419 g/mol. The Labute approximate surface area is 182 Å². The van der Waals surface area contributed by atoms with Crippen LogP contribution in [0.25, 0.3) is 21.3 Å². The first kappa shape index (κ1) is 21.2. The van der Waals surface area contributed by atoms with Gasteiger partial charge in [-0.05, 0) is 37.4 Å². The van der Waals surface area contributed by atoms with E-state index in [1.54, 1.807) is 36.4 Å². The monoisotopic (exact) mass is 442 g/mol. The quantitative estimate of drug-likeness (QED) is 0.416. The van der Waals surface area contributed by atoms with Gasteiger partial charge in [0.25, 0.3) is 0 Å². The van der Waals surface area contributed by atoms with E-state index >= 15 is 0 Å². The molecule has 0 unspecified atom stereocenters.